The molecule has 2 aromatic carbocycles. The minimum atomic E-state index is -0.634. The Morgan fingerprint density at radius 3 is 2.75 bits per heavy atom. The summed E-state index contributed by atoms with van der Waals surface area (Å²) < 4.78 is 0. The number of likely N-dealkylation sites (tertiary alicyclic amines) is 1. The maximum Gasteiger partial charge on any atom is 0.320 e. The maximum absolute atomic E-state index is 12.9. The molecule has 0 radical (unpaired) electrons. The highest BCUT2D eigenvalue weighted by atomic mass is 35.5. The SMILES string of the molecule is Cl.N[C@@H](Cc1ccccc1)C(=O)N1CCC2(C1)NC(=O)Nc1ccc(Cl)cc12. The zero-order chi connectivity index (χ0) is 19.0. The van der Waals surface area contributed by atoms with E-state index in [1.807, 2.05) is 36.4 Å². The molecular weight excluding hydrogens is 399 g/mol. The van der Waals surface area contributed by atoms with Gasteiger partial charge in [0.1, 0.15) is 0 Å². The summed E-state index contributed by atoms with van der Waals surface area (Å²) in [4.78, 5) is 26.8. The first-order chi connectivity index (χ1) is 13.0. The van der Waals surface area contributed by atoms with E-state index in [1.165, 1.54) is 0 Å². The molecule has 0 aliphatic carbocycles. The maximum atomic E-state index is 12.9. The first-order valence-electron chi connectivity index (χ1n) is 8.94. The van der Waals surface area contributed by atoms with Crippen LogP contribution in [0.15, 0.2) is 48.5 Å². The summed E-state index contributed by atoms with van der Waals surface area (Å²) in [5.74, 6) is -0.105. The van der Waals surface area contributed by atoms with Gasteiger partial charge in [-0.05, 0) is 36.6 Å². The fraction of sp³-hybridized carbons (Fsp3) is 0.300. The van der Waals surface area contributed by atoms with E-state index in [0.29, 0.717) is 31.0 Å². The first kappa shape index (κ1) is 20.5. The molecule has 8 heteroatoms. The quantitative estimate of drug-likeness (QED) is 0.712. The normalized spacial score (nSPS) is 21.4. The number of carbonyl (C=O) groups excluding carboxylic acids is 2. The number of hydrogen-bond donors (Lipinski definition) is 3. The zero-order valence-electron chi connectivity index (χ0n) is 15.2. The number of fused-ring (bicyclic) bond motifs is 2. The molecule has 3 amide bonds. The van der Waals surface area contributed by atoms with E-state index in [1.54, 1.807) is 17.0 Å². The van der Waals surface area contributed by atoms with Crippen LogP contribution < -0.4 is 16.4 Å². The Bertz CT molecular complexity index is 893. The lowest BCUT2D eigenvalue weighted by atomic mass is 9.86. The van der Waals surface area contributed by atoms with Crippen molar-refractivity contribution in [2.45, 2.75) is 24.4 Å². The molecule has 2 heterocycles. The Balaban J connectivity index is 0.00000225. The highest BCUT2D eigenvalue weighted by Crippen LogP contribution is 2.40. The van der Waals surface area contributed by atoms with E-state index in [9.17, 15) is 9.59 Å². The Hall–Kier alpha value is -2.28. The zero-order valence-corrected chi connectivity index (χ0v) is 16.7. The summed E-state index contributed by atoms with van der Waals surface area (Å²) in [6, 6.07) is 14.2. The van der Waals surface area contributed by atoms with Crippen molar-refractivity contribution in [3.63, 3.8) is 0 Å². The molecule has 28 heavy (non-hydrogen) atoms. The Kier molecular flexibility index (Phi) is 5.84. The van der Waals surface area contributed by atoms with E-state index < -0.39 is 11.6 Å². The standard InChI is InChI=1S/C20H21ClN4O2.ClH/c21-14-6-7-17-15(11-14)20(24-19(27)23-17)8-9-25(12-20)18(26)16(22)10-13-4-2-1-3-5-13;/h1-7,11,16H,8-10,12,22H2,(H2,23,24,27);1H/t16-,20?;/m0./s1. The van der Waals surface area contributed by atoms with Crippen LogP contribution >= 0.6 is 24.0 Å². The Morgan fingerprint density at radius 2 is 2.00 bits per heavy atom. The number of anilines is 1. The van der Waals surface area contributed by atoms with Gasteiger partial charge in [0.15, 0.2) is 0 Å². The molecule has 2 aliphatic rings. The highest BCUT2D eigenvalue weighted by molar-refractivity contribution is 6.30. The number of nitrogens with zero attached hydrogens (tertiary/aromatic N) is 1. The van der Waals surface area contributed by atoms with E-state index in [4.69, 9.17) is 17.3 Å². The molecular formula is C20H22Cl2N4O2. The highest BCUT2D eigenvalue weighted by Gasteiger charge is 2.46. The minimum absolute atomic E-state index is 0. The van der Waals surface area contributed by atoms with Crippen LogP contribution in [0.2, 0.25) is 5.02 Å². The van der Waals surface area contributed by atoms with Gasteiger partial charge < -0.3 is 21.3 Å². The van der Waals surface area contributed by atoms with Gasteiger partial charge in [0.25, 0.3) is 0 Å². The molecule has 1 fully saturated rings. The molecule has 0 saturated carbocycles. The van der Waals surface area contributed by atoms with Gasteiger partial charge in [-0.2, -0.15) is 0 Å². The fourth-order valence-electron chi connectivity index (χ4n) is 3.97. The summed E-state index contributed by atoms with van der Waals surface area (Å²) in [7, 11) is 0. The van der Waals surface area contributed by atoms with Gasteiger partial charge in [-0.3, -0.25) is 4.79 Å². The second-order valence-electron chi connectivity index (χ2n) is 7.16. The molecule has 2 aliphatic heterocycles. The van der Waals surface area contributed by atoms with Gasteiger partial charge in [0.2, 0.25) is 5.91 Å². The van der Waals surface area contributed by atoms with Crippen molar-refractivity contribution in [1.82, 2.24) is 10.2 Å². The van der Waals surface area contributed by atoms with Crippen LogP contribution in [0, 0.1) is 0 Å². The summed E-state index contributed by atoms with van der Waals surface area (Å²) >= 11 is 6.17. The third kappa shape index (κ3) is 3.81. The molecule has 2 atom stereocenters. The average Bonchev–Trinajstić information content (AvgIpc) is 3.07. The summed E-state index contributed by atoms with van der Waals surface area (Å²) in [6.07, 6.45) is 1.11. The van der Waals surface area contributed by atoms with Crippen molar-refractivity contribution in [2.75, 3.05) is 18.4 Å². The van der Waals surface area contributed by atoms with Crippen molar-refractivity contribution in [2.24, 2.45) is 5.73 Å². The van der Waals surface area contributed by atoms with Crippen molar-refractivity contribution in [1.29, 1.82) is 0 Å². The Morgan fingerprint density at radius 1 is 1.25 bits per heavy atom. The topological polar surface area (TPSA) is 87.5 Å². The van der Waals surface area contributed by atoms with Crippen LogP contribution in [0.1, 0.15) is 17.5 Å². The van der Waals surface area contributed by atoms with E-state index in [-0.39, 0.29) is 24.3 Å². The van der Waals surface area contributed by atoms with Crippen LogP contribution in [0.4, 0.5) is 10.5 Å². The number of amides is 3. The molecule has 1 unspecified atom stereocenters. The van der Waals surface area contributed by atoms with Crippen LogP contribution in [-0.2, 0) is 16.8 Å². The molecule has 1 saturated heterocycles. The minimum Gasteiger partial charge on any atom is -0.339 e. The molecule has 2 aromatic rings. The molecule has 6 nitrogen and oxygen atoms in total. The summed E-state index contributed by atoms with van der Waals surface area (Å²) in [5.41, 5.74) is 8.21. The van der Waals surface area contributed by atoms with Crippen LogP contribution in [-0.4, -0.2) is 36.0 Å². The largest absolute Gasteiger partial charge is 0.339 e. The molecule has 148 valence electrons. The third-order valence-corrected chi connectivity index (χ3v) is 5.53. The molecule has 4 N–H and O–H groups in total. The number of rotatable bonds is 3. The lowest BCUT2D eigenvalue weighted by molar-refractivity contribution is -0.131. The van der Waals surface area contributed by atoms with Crippen molar-refractivity contribution >= 4 is 41.6 Å². The number of nitrogens with one attached hydrogen (secondary N) is 2. The van der Waals surface area contributed by atoms with Crippen LogP contribution in [0.25, 0.3) is 0 Å². The number of benzene rings is 2. The third-order valence-electron chi connectivity index (χ3n) is 5.29. The second kappa shape index (κ2) is 7.99. The van der Waals surface area contributed by atoms with Gasteiger partial charge in [0, 0.05) is 29.4 Å². The smallest absolute Gasteiger partial charge is 0.320 e. The number of hydrogen-bond acceptors (Lipinski definition) is 3. The van der Waals surface area contributed by atoms with E-state index in [2.05, 4.69) is 10.6 Å². The summed E-state index contributed by atoms with van der Waals surface area (Å²) in [5, 5.41) is 6.40. The van der Waals surface area contributed by atoms with Gasteiger partial charge in [0.05, 0.1) is 11.6 Å². The molecule has 0 aromatic heterocycles. The Labute approximate surface area is 174 Å². The molecule has 4 rings (SSSR count). The van der Waals surface area contributed by atoms with Crippen molar-refractivity contribution < 1.29 is 9.59 Å². The van der Waals surface area contributed by atoms with Crippen molar-refractivity contribution in [3.8, 4) is 0 Å². The fourth-order valence-corrected chi connectivity index (χ4v) is 4.14. The monoisotopic (exact) mass is 420 g/mol. The predicted octanol–water partition coefficient (Wildman–Crippen LogP) is 2.89. The predicted molar refractivity (Wildman–Crippen MR) is 112 cm³/mol. The van der Waals surface area contributed by atoms with Gasteiger partial charge in [-0.15, -0.1) is 12.4 Å². The van der Waals surface area contributed by atoms with Gasteiger partial charge in [-0.1, -0.05) is 41.9 Å². The number of nitrogens with two attached hydrogens (primary N) is 1. The van der Waals surface area contributed by atoms with Crippen LogP contribution in [0.3, 0.4) is 0 Å². The average molecular weight is 421 g/mol. The number of carbonyl (C=O) groups is 2. The lowest BCUT2D eigenvalue weighted by Gasteiger charge is -2.37. The lowest BCUT2D eigenvalue weighted by Crippen LogP contribution is -2.54. The molecule has 1 spiro atoms. The van der Waals surface area contributed by atoms with Gasteiger partial charge >= 0.3 is 6.03 Å². The summed E-state index contributed by atoms with van der Waals surface area (Å²) in [6.45, 7) is 0.919. The molecule has 0 bridgehead atoms. The number of halogens is 2. The van der Waals surface area contributed by atoms with E-state index in [0.717, 1.165) is 16.8 Å². The van der Waals surface area contributed by atoms with Crippen molar-refractivity contribution in [3.05, 3.63) is 64.7 Å². The van der Waals surface area contributed by atoms with Gasteiger partial charge in [-0.25, -0.2) is 4.79 Å². The van der Waals surface area contributed by atoms with E-state index >= 15 is 0 Å². The number of urea groups is 1. The first-order valence-corrected chi connectivity index (χ1v) is 9.32. The second-order valence-corrected chi connectivity index (χ2v) is 7.59. The van der Waals surface area contributed by atoms with Crippen LogP contribution in [0.5, 0.6) is 0 Å².